The number of halogens is 1. The van der Waals surface area contributed by atoms with E-state index in [9.17, 15) is 4.39 Å². The predicted octanol–water partition coefficient (Wildman–Crippen LogP) is 4.14. The molecule has 0 spiro atoms. The van der Waals surface area contributed by atoms with Gasteiger partial charge in [0.25, 0.3) is 0 Å². The first-order valence-electron chi connectivity index (χ1n) is 8.80. The zero-order valence-electron chi connectivity index (χ0n) is 14.2. The van der Waals surface area contributed by atoms with Gasteiger partial charge < -0.3 is 0 Å². The van der Waals surface area contributed by atoms with Gasteiger partial charge >= 0.3 is 0 Å². The van der Waals surface area contributed by atoms with Gasteiger partial charge in [-0.15, -0.1) is 11.3 Å². The Balaban J connectivity index is 1.37. The molecule has 1 fully saturated rings. The smallest absolute Gasteiger partial charge is 0.127 e. The molecular weight excluding hydrogens is 333 g/mol. The molecule has 1 aliphatic rings. The normalized spacial score (nSPS) is 17.0. The fourth-order valence-electron chi connectivity index (χ4n) is 3.39. The summed E-state index contributed by atoms with van der Waals surface area (Å²) in [6.45, 7) is 5.67. The number of fused-ring (bicyclic) bond motifs is 1. The lowest BCUT2D eigenvalue weighted by Crippen LogP contribution is -2.30. The number of hydrogen-bond donors (Lipinski definition) is 0. The highest BCUT2D eigenvalue weighted by atomic mass is 32.1. The number of benzene rings is 2. The fourth-order valence-corrected chi connectivity index (χ4v) is 4.40. The fraction of sp³-hybridized carbons (Fsp3) is 0.350. The van der Waals surface area contributed by atoms with E-state index in [1.165, 1.54) is 9.71 Å². The number of thiazole rings is 1. The third kappa shape index (κ3) is 4.06. The average molecular weight is 355 g/mol. The molecule has 5 heteroatoms. The second-order valence-corrected chi connectivity index (χ2v) is 7.69. The maximum absolute atomic E-state index is 13.9. The van der Waals surface area contributed by atoms with Crippen molar-refractivity contribution in [1.29, 1.82) is 0 Å². The van der Waals surface area contributed by atoms with Crippen molar-refractivity contribution in [1.82, 2.24) is 14.8 Å². The lowest BCUT2D eigenvalue weighted by atomic mass is 10.2. The van der Waals surface area contributed by atoms with E-state index in [4.69, 9.17) is 4.98 Å². The van der Waals surface area contributed by atoms with Crippen LogP contribution in [0.1, 0.15) is 17.0 Å². The minimum Gasteiger partial charge on any atom is -0.298 e. The Bertz CT molecular complexity index is 815. The van der Waals surface area contributed by atoms with Gasteiger partial charge in [0, 0.05) is 25.2 Å². The van der Waals surface area contributed by atoms with Gasteiger partial charge in [-0.25, -0.2) is 9.37 Å². The van der Waals surface area contributed by atoms with Crippen molar-refractivity contribution in [2.45, 2.75) is 19.5 Å². The van der Waals surface area contributed by atoms with Gasteiger partial charge in [0.05, 0.1) is 16.8 Å². The molecule has 1 aromatic heterocycles. The Kier molecular flexibility index (Phi) is 5.06. The highest BCUT2D eigenvalue weighted by molar-refractivity contribution is 7.18. The van der Waals surface area contributed by atoms with Crippen LogP contribution in [0.3, 0.4) is 0 Å². The summed E-state index contributed by atoms with van der Waals surface area (Å²) in [6, 6.07) is 15.4. The number of para-hydroxylation sites is 1. The van der Waals surface area contributed by atoms with Crippen LogP contribution in [0, 0.1) is 5.82 Å². The minimum atomic E-state index is -0.0990. The van der Waals surface area contributed by atoms with E-state index in [2.05, 4.69) is 28.0 Å². The summed E-state index contributed by atoms with van der Waals surface area (Å²) in [6.07, 6.45) is 1.11. The van der Waals surface area contributed by atoms with Crippen molar-refractivity contribution in [3.63, 3.8) is 0 Å². The lowest BCUT2D eigenvalue weighted by molar-refractivity contribution is 0.245. The average Bonchev–Trinajstić information content (AvgIpc) is 2.90. The number of nitrogens with zero attached hydrogens (tertiary/aromatic N) is 3. The van der Waals surface area contributed by atoms with Crippen molar-refractivity contribution in [3.8, 4) is 0 Å². The molecule has 2 aromatic carbocycles. The largest absolute Gasteiger partial charge is 0.298 e. The molecule has 0 saturated carbocycles. The molecule has 0 unspecified atom stereocenters. The molecule has 3 aromatic rings. The molecule has 0 atom stereocenters. The number of rotatable bonds is 4. The van der Waals surface area contributed by atoms with Crippen LogP contribution in [0.2, 0.25) is 0 Å². The maximum Gasteiger partial charge on any atom is 0.127 e. The van der Waals surface area contributed by atoms with Crippen LogP contribution in [-0.4, -0.2) is 41.0 Å². The second kappa shape index (κ2) is 7.60. The zero-order chi connectivity index (χ0) is 17.1. The summed E-state index contributed by atoms with van der Waals surface area (Å²) < 4.78 is 15.1. The van der Waals surface area contributed by atoms with Crippen LogP contribution in [-0.2, 0) is 13.1 Å². The van der Waals surface area contributed by atoms with Gasteiger partial charge in [-0.05, 0) is 37.7 Å². The van der Waals surface area contributed by atoms with Crippen LogP contribution >= 0.6 is 11.3 Å². The molecule has 130 valence electrons. The highest BCUT2D eigenvalue weighted by Gasteiger charge is 2.17. The van der Waals surface area contributed by atoms with E-state index in [0.717, 1.165) is 50.2 Å². The molecule has 25 heavy (non-hydrogen) atoms. The van der Waals surface area contributed by atoms with Crippen molar-refractivity contribution < 1.29 is 4.39 Å². The van der Waals surface area contributed by atoms with E-state index >= 15 is 0 Å². The Labute approximate surface area is 151 Å². The summed E-state index contributed by atoms with van der Waals surface area (Å²) in [5.74, 6) is -0.0990. The summed E-state index contributed by atoms with van der Waals surface area (Å²) in [5, 5.41) is 1.18. The van der Waals surface area contributed by atoms with Crippen LogP contribution in [0.4, 0.5) is 4.39 Å². The molecule has 2 heterocycles. The topological polar surface area (TPSA) is 19.4 Å². The monoisotopic (exact) mass is 355 g/mol. The Morgan fingerprint density at radius 3 is 2.40 bits per heavy atom. The quantitative estimate of drug-likeness (QED) is 0.701. The lowest BCUT2D eigenvalue weighted by Gasteiger charge is -2.21. The van der Waals surface area contributed by atoms with Crippen LogP contribution in [0.15, 0.2) is 48.5 Å². The SMILES string of the molecule is Fc1ccccc1CN1CCCN(Cc2nc3ccccc3s2)CC1. The summed E-state index contributed by atoms with van der Waals surface area (Å²) in [5.41, 5.74) is 1.89. The predicted molar refractivity (Wildman–Crippen MR) is 101 cm³/mol. The molecular formula is C20H22FN3S. The van der Waals surface area contributed by atoms with E-state index in [-0.39, 0.29) is 5.82 Å². The molecule has 4 rings (SSSR count). The van der Waals surface area contributed by atoms with E-state index in [1.54, 1.807) is 23.5 Å². The van der Waals surface area contributed by atoms with Gasteiger partial charge in [0.15, 0.2) is 0 Å². The van der Waals surface area contributed by atoms with Crippen molar-refractivity contribution in [2.75, 3.05) is 26.2 Å². The molecule has 1 aliphatic heterocycles. The first-order valence-corrected chi connectivity index (χ1v) is 9.62. The summed E-state index contributed by atoms with van der Waals surface area (Å²) >= 11 is 1.79. The zero-order valence-corrected chi connectivity index (χ0v) is 15.0. The Morgan fingerprint density at radius 2 is 1.60 bits per heavy atom. The first kappa shape index (κ1) is 16.6. The Morgan fingerprint density at radius 1 is 0.880 bits per heavy atom. The highest BCUT2D eigenvalue weighted by Crippen LogP contribution is 2.23. The van der Waals surface area contributed by atoms with Gasteiger partial charge in [-0.1, -0.05) is 30.3 Å². The van der Waals surface area contributed by atoms with Gasteiger partial charge in [-0.2, -0.15) is 0 Å². The second-order valence-electron chi connectivity index (χ2n) is 6.57. The summed E-state index contributed by atoms with van der Waals surface area (Å²) in [7, 11) is 0. The minimum absolute atomic E-state index is 0.0990. The van der Waals surface area contributed by atoms with Crippen molar-refractivity contribution >= 4 is 21.6 Å². The molecule has 0 radical (unpaired) electrons. The maximum atomic E-state index is 13.9. The van der Waals surface area contributed by atoms with Gasteiger partial charge in [0.1, 0.15) is 10.8 Å². The standard InChI is InChI=1S/C20H22FN3S/c21-17-7-2-1-6-16(17)14-23-10-5-11-24(13-12-23)15-20-22-18-8-3-4-9-19(18)25-20/h1-4,6-9H,5,10-15H2. The molecule has 0 aliphatic carbocycles. The van der Waals surface area contributed by atoms with Crippen LogP contribution in [0.5, 0.6) is 0 Å². The summed E-state index contributed by atoms with van der Waals surface area (Å²) in [4.78, 5) is 9.58. The first-order chi connectivity index (χ1) is 12.3. The molecule has 3 nitrogen and oxygen atoms in total. The number of aromatic nitrogens is 1. The number of hydrogen-bond acceptors (Lipinski definition) is 4. The van der Waals surface area contributed by atoms with Crippen LogP contribution in [0.25, 0.3) is 10.2 Å². The van der Waals surface area contributed by atoms with Crippen molar-refractivity contribution in [3.05, 3.63) is 64.9 Å². The molecule has 0 bridgehead atoms. The van der Waals surface area contributed by atoms with E-state index in [1.807, 2.05) is 18.2 Å². The third-order valence-corrected chi connectivity index (χ3v) is 5.75. The third-order valence-electron chi connectivity index (χ3n) is 4.73. The van der Waals surface area contributed by atoms with Crippen molar-refractivity contribution in [2.24, 2.45) is 0 Å². The van der Waals surface area contributed by atoms with Gasteiger partial charge in [-0.3, -0.25) is 9.80 Å². The molecule has 0 amide bonds. The van der Waals surface area contributed by atoms with E-state index < -0.39 is 0 Å². The Hall–Kier alpha value is -1.82. The molecule has 1 saturated heterocycles. The molecule has 0 N–H and O–H groups in total. The van der Waals surface area contributed by atoms with E-state index in [0.29, 0.717) is 6.54 Å². The van der Waals surface area contributed by atoms with Gasteiger partial charge in [0.2, 0.25) is 0 Å². The van der Waals surface area contributed by atoms with Crippen LogP contribution < -0.4 is 0 Å².